The fourth-order valence-electron chi connectivity index (χ4n) is 3.41. The number of piperidine rings is 1. The molecule has 2 aromatic rings. The van der Waals surface area contributed by atoms with Crippen LogP contribution in [-0.2, 0) is 20.0 Å². The SMILES string of the molecule is COc1ccc(NC(=O)c2cccc(S(=O)(=O)N3CCCCC3)c2)cc1S(=O)(=O)N(C)C. The van der Waals surface area contributed by atoms with Crippen LogP contribution in [0.5, 0.6) is 5.75 Å². The summed E-state index contributed by atoms with van der Waals surface area (Å²) in [5.74, 6) is -0.412. The predicted molar refractivity (Wildman–Crippen MR) is 121 cm³/mol. The number of carbonyl (C=O) groups excluding carboxylic acids is 1. The summed E-state index contributed by atoms with van der Waals surface area (Å²) in [7, 11) is -3.34. The zero-order valence-corrected chi connectivity index (χ0v) is 19.9. The van der Waals surface area contributed by atoms with Crippen LogP contribution in [0.4, 0.5) is 5.69 Å². The van der Waals surface area contributed by atoms with Crippen LogP contribution in [0.1, 0.15) is 29.6 Å². The Bertz CT molecular complexity index is 1200. The summed E-state index contributed by atoms with van der Waals surface area (Å²) in [5, 5.41) is 2.63. The van der Waals surface area contributed by atoms with Crippen LogP contribution in [0.2, 0.25) is 0 Å². The van der Waals surface area contributed by atoms with Crippen molar-refractivity contribution < 1.29 is 26.4 Å². The number of nitrogens with one attached hydrogen (secondary N) is 1. The first-order valence-corrected chi connectivity index (χ1v) is 13.0. The maximum Gasteiger partial charge on any atom is 0.255 e. The summed E-state index contributed by atoms with van der Waals surface area (Å²) in [6.07, 6.45) is 2.63. The Morgan fingerprint density at radius 3 is 2.31 bits per heavy atom. The molecule has 0 unspecified atom stereocenters. The molecule has 1 saturated heterocycles. The summed E-state index contributed by atoms with van der Waals surface area (Å²) in [6, 6.07) is 10.1. The van der Waals surface area contributed by atoms with Crippen molar-refractivity contribution in [1.29, 1.82) is 0 Å². The molecule has 11 heteroatoms. The zero-order valence-electron chi connectivity index (χ0n) is 18.2. The number of amides is 1. The van der Waals surface area contributed by atoms with Crippen molar-refractivity contribution in [2.45, 2.75) is 29.1 Å². The molecule has 0 spiro atoms. The number of hydrogen-bond donors (Lipinski definition) is 1. The van der Waals surface area contributed by atoms with Gasteiger partial charge in [-0.15, -0.1) is 0 Å². The Kier molecular flexibility index (Phi) is 7.23. The van der Waals surface area contributed by atoms with Gasteiger partial charge in [0.05, 0.1) is 12.0 Å². The monoisotopic (exact) mass is 481 g/mol. The minimum absolute atomic E-state index is 0.0534. The van der Waals surface area contributed by atoms with Gasteiger partial charge in [0.15, 0.2) is 0 Å². The van der Waals surface area contributed by atoms with Crippen molar-refractivity contribution >= 4 is 31.6 Å². The molecule has 1 heterocycles. The number of benzene rings is 2. The molecule has 32 heavy (non-hydrogen) atoms. The van der Waals surface area contributed by atoms with Crippen LogP contribution in [0.25, 0.3) is 0 Å². The van der Waals surface area contributed by atoms with E-state index in [0.717, 1.165) is 23.6 Å². The van der Waals surface area contributed by atoms with Gasteiger partial charge in [0, 0.05) is 38.4 Å². The number of anilines is 1. The lowest BCUT2D eigenvalue weighted by atomic mass is 10.2. The Morgan fingerprint density at radius 1 is 1.00 bits per heavy atom. The summed E-state index contributed by atoms with van der Waals surface area (Å²) < 4.78 is 58.6. The first-order chi connectivity index (χ1) is 15.1. The van der Waals surface area contributed by atoms with Gasteiger partial charge in [0.25, 0.3) is 5.91 Å². The fourth-order valence-corrected chi connectivity index (χ4v) is 6.05. The molecule has 174 valence electrons. The molecule has 1 aliphatic rings. The van der Waals surface area contributed by atoms with Gasteiger partial charge in [0.1, 0.15) is 10.6 Å². The number of hydrogen-bond acceptors (Lipinski definition) is 6. The van der Waals surface area contributed by atoms with E-state index in [4.69, 9.17) is 4.74 Å². The standard InChI is InChI=1S/C21H27N3O6S2/c1-23(2)32(28,29)20-15-17(10-11-19(20)30-3)22-21(25)16-8-7-9-18(14-16)31(26,27)24-12-5-4-6-13-24/h7-11,14-15H,4-6,12-13H2,1-3H3,(H,22,25). The van der Waals surface area contributed by atoms with E-state index < -0.39 is 26.0 Å². The quantitative estimate of drug-likeness (QED) is 0.650. The van der Waals surface area contributed by atoms with Crippen LogP contribution >= 0.6 is 0 Å². The minimum atomic E-state index is -3.81. The van der Waals surface area contributed by atoms with Crippen LogP contribution in [0.3, 0.4) is 0 Å². The van der Waals surface area contributed by atoms with E-state index in [0.29, 0.717) is 13.1 Å². The first kappa shape index (κ1) is 24.2. The average molecular weight is 482 g/mol. The molecule has 0 bridgehead atoms. The third-order valence-electron chi connectivity index (χ3n) is 5.23. The van der Waals surface area contributed by atoms with Gasteiger partial charge >= 0.3 is 0 Å². The number of carbonyl (C=O) groups is 1. The lowest BCUT2D eigenvalue weighted by Gasteiger charge is -2.26. The second-order valence-electron chi connectivity index (χ2n) is 7.60. The molecule has 1 amide bonds. The Hall–Kier alpha value is -2.47. The molecule has 1 fully saturated rings. The van der Waals surface area contributed by atoms with Gasteiger partial charge in [0.2, 0.25) is 20.0 Å². The largest absolute Gasteiger partial charge is 0.495 e. The third kappa shape index (κ3) is 4.96. The van der Waals surface area contributed by atoms with E-state index in [2.05, 4.69) is 5.32 Å². The van der Waals surface area contributed by atoms with Crippen molar-refractivity contribution in [2.75, 3.05) is 39.6 Å². The van der Waals surface area contributed by atoms with E-state index in [1.807, 2.05) is 0 Å². The summed E-state index contributed by atoms with van der Waals surface area (Å²) in [6.45, 7) is 0.932. The number of nitrogens with zero attached hydrogens (tertiary/aromatic N) is 2. The summed E-state index contributed by atoms with van der Waals surface area (Å²) in [5.41, 5.74) is 0.386. The fraction of sp³-hybridized carbons (Fsp3) is 0.381. The molecular formula is C21H27N3O6S2. The molecule has 0 aliphatic carbocycles. The van der Waals surface area contributed by atoms with Crippen LogP contribution < -0.4 is 10.1 Å². The summed E-state index contributed by atoms with van der Waals surface area (Å²) >= 11 is 0. The van der Waals surface area contributed by atoms with Crippen molar-refractivity contribution in [3.05, 3.63) is 48.0 Å². The average Bonchev–Trinajstić information content (AvgIpc) is 2.79. The van der Waals surface area contributed by atoms with Gasteiger partial charge in [-0.3, -0.25) is 4.79 Å². The molecule has 9 nitrogen and oxygen atoms in total. The highest BCUT2D eigenvalue weighted by molar-refractivity contribution is 7.89. The first-order valence-electron chi connectivity index (χ1n) is 10.1. The molecule has 3 rings (SSSR count). The highest BCUT2D eigenvalue weighted by Crippen LogP contribution is 2.29. The normalized spacial score (nSPS) is 15.5. The van der Waals surface area contributed by atoms with Crippen LogP contribution in [0.15, 0.2) is 52.3 Å². The van der Waals surface area contributed by atoms with Crippen LogP contribution in [-0.4, -0.2) is 65.6 Å². The van der Waals surface area contributed by atoms with Gasteiger partial charge in [-0.2, -0.15) is 4.31 Å². The highest BCUT2D eigenvalue weighted by Gasteiger charge is 2.27. The summed E-state index contributed by atoms with van der Waals surface area (Å²) in [4.78, 5) is 12.8. The molecule has 0 radical (unpaired) electrons. The molecule has 1 N–H and O–H groups in total. The molecule has 2 aromatic carbocycles. The topological polar surface area (TPSA) is 113 Å². The number of rotatable bonds is 7. The molecule has 1 aliphatic heterocycles. The maximum atomic E-state index is 12.9. The number of methoxy groups -OCH3 is 1. The van der Waals surface area contributed by atoms with E-state index in [1.54, 1.807) is 0 Å². The molecule has 0 saturated carbocycles. The molecule has 0 atom stereocenters. The van der Waals surface area contributed by atoms with E-state index >= 15 is 0 Å². The second-order valence-corrected chi connectivity index (χ2v) is 11.7. The smallest absolute Gasteiger partial charge is 0.255 e. The molecular weight excluding hydrogens is 454 g/mol. The lowest BCUT2D eigenvalue weighted by Crippen LogP contribution is -2.35. The minimum Gasteiger partial charge on any atom is -0.495 e. The highest BCUT2D eigenvalue weighted by atomic mass is 32.2. The second kappa shape index (κ2) is 9.57. The van der Waals surface area contributed by atoms with Gasteiger partial charge < -0.3 is 10.1 Å². The van der Waals surface area contributed by atoms with Gasteiger partial charge in [-0.1, -0.05) is 12.5 Å². The van der Waals surface area contributed by atoms with E-state index in [9.17, 15) is 21.6 Å². The van der Waals surface area contributed by atoms with Gasteiger partial charge in [-0.05, 0) is 49.2 Å². The van der Waals surface area contributed by atoms with Crippen molar-refractivity contribution in [3.8, 4) is 5.75 Å². The van der Waals surface area contributed by atoms with E-state index in [1.165, 1.54) is 68.0 Å². The molecule has 0 aromatic heterocycles. The van der Waals surface area contributed by atoms with Crippen molar-refractivity contribution in [1.82, 2.24) is 8.61 Å². The Labute approximate surface area is 189 Å². The number of ether oxygens (including phenoxy) is 1. The maximum absolute atomic E-state index is 12.9. The van der Waals surface area contributed by atoms with Crippen molar-refractivity contribution in [3.63, 3.8) is 0 Å². The van der Waals surface area contributed by atoms with Gasteiger partial charge in [-0.25, -0.2) is 21.1 Å². The van der Waals surface area contributed by atoms with Crippen molar-refractivity contribution in [2.24, 2.45) is 0 Å². The third-order valence-corrected chi connectivity index (χ3v) is 8.96. The zero-order chi connectivity index (χ0) is 23.5. The lowest BCUT2D eigenvalue weighted by molar-refractivity contribution is 0.102. The predicted octanol–water partition coefficient (Wildman–Crippen LogP) is 2.37. The number of sulfonamides is 2. The van der Waals surface area contributed by atoms with E-state index in [-0.39, 0.29) is 26.8 Å². The van der Waals surface area contributed by atoms with Crippen LogP contribution in [0, 0.1) is 0 Å². The Balaban J connectivity index is 1.88. The Morgan fingerprint density at radius 2 is 1.69 bits per heavy atom.